The number of benzene rings is 3. The minimum absolute atomic E-state index is 0.0405. The van der Waals surface area contributed by atoms with Crippen molar-refractivity contribution in [3.63, 3.8) is 0 Å². The fourth-order valence-electron chi connectivity index (χ4n) is 3.21. The van der Waals surface area contributed by atoms with Crippen molar-refractivity contribution in [2.24, 2.45) is 0 Å². The molecule has 0 saturated carbocycles. The van der Waals surface area contributed by atoms with Gasteiger partial charge in [0.15, 0.2) is 0 Å². The van der Waals surface area contributed by atoms with Gasteiger partial charge in [0, 0.05) is 22.7 Å². The topological polar surface area (TPSA) is 112 Å². The van der Waals surface area contributed by atoms with Crippen molar-refractivity contribution in [2.75, 3.05) is 12.4 Å². The van der Waals surface area contributed by atoms with Gasteiger partial charge in [-0.3, -0.25) is 25.0 Å². The van der Waals surface area contributed by atoms with Crippen LogP contribution in [0.3, 0.4) is 0 Å². The first-order chi connectivity index (χ1) is 15.4. The van der Waals surface area contributed by atoms with Crippen LogP contribution < -0.4 is 15.5 Å². The van der Waals surface area contributed by atoms with Crippen molar-refractivity contribution in [3.05, 3.63) is 97.7 Å². The van der Waals surface area contributed by atoms with E-state index in [1.807, 2.05) is 0 Å². The van der Waals surface area contributed by atoms with Crippen molar-refractivity contribution < 1.29 is 18.9 Å². The molecule has 8 nitrogen and oxygen atoms in total. The number of nitro benzene ring substituents is 1. The van der Waals surface area contributed by atoms with Crippen molar-refractivity contribution in [1.82, 2.24) is 0 Å². The number of hydrogen-bond donors (Lipinski definition) is 1. The fraction of sp³-hybridized carbons (Fsp3) is 0.0435. The first kappa shape index (κ1) is 21.1. The van der Waals surface area contributed by atoms with E-state index in [2.05, 4.69) is 5.32 Å². The highest BCUT2D eigenvalue weighted by molar-refractivity contribution is 6.31. The molecule has 9 heteroatoms. The second-order valence-electron chi connectivity index (χ2n) is 6.77. The van der Waals surface area contributed by atoms with Crippen molar-refractivity contribution in [3.8, 4) is 16.9 Å². The highest BCUT2D eigenvalue weighted by Gasteiger charge is 2.20. The highest BCUT2D eigenvalue weighted by Crippen LogP contribution is 2.31. The van der Waals surface area contributed by atoms with Gasteiger partial charge in [-0.05, 0) is 42.0 Å². The average molecular weight is 451 g/mol. The predicted octanol–water partition coefficient (Wildman–Crippen LogP) is 5.28. The van der Waals surface area contributed by atoms with Crippen LogP contribution in [0.25, 0.3) is 22.1 Å². The van der Waals surface area contributed by atoms with Crippen LogP contribution in [-0.4, -0.2) is 17.9 Å². The third-order valence-corrected chi connectivity index (χ3v) is 5.01. The maximum atomic E-state index is 13.3. The summed E-state index contributed by atoms with van der Waals surface area (Å²) in [6.45, 7) is 0. The van der Waals surface area contributed by atoms with Crippen molar-refractivity contribution in [2.45, 2.75) is 0 Å². The van der Waals surface area contributed by atoms with Crippen molar-refractivity contribution >= 4 is 40.0 Å². The fourth-order valence-corrected chi connectivity index (χ4v) is 3.38. The van der Waals surface area contributed by atoms with E-state index in [-0.39, 0.29) is 33.7 Å². The van der Waals surface area contributed by atoms with Crippen molar-refractivity contribution in [1.29, 1.82) is 0 Å². The molecule has 4 rings (SSSR count). The van der Waals surface area contributed by atoms with Gasteiger partial charge in [0.1, 0.15) is 11.3 Å². The number of ether oxygens (including phenoxy) is 1. The molecular weight excluding hydrogens is 436 g/mol. The molecule has 160 valence electrons. The van der Waals surface area contributed by atoms with E-state index in [0.29, 0.717) is 16.3 Å². The number of nitro groups is 1. The van der Waals surface area contributed by atoms with E-state index < -0.39 is 16.3 Å². The van der Waals surface area contributed by atoms with Gasteiger partial charge in [-0.2, -0.15) is 0 Å². The largest absolute Gasteiger partial charge is 0.497 e. The molecule has 0 atom stereocenters. The Balaban J connectivity index is 1.86. The van der Waals surface area contributed by atoms with Crippen LogP contribution in [0.4, 0.5) is 11.6 Å². The van der Waals surface area contributed by atoms with Gasteiger partial charge in [-0.15, -0.1) is 0 Å². The minimum atomic E-state index is -0.667. The summed E-state index contributed by atoms with van der Waals surface area (Å²) < 4.78 is 11.0. The van der Waals surface area contributed by atoms with Crippen LogP contribution in [-0.2, 0) is 0 Å². The molecule has 0 unspecified atom stereocenters. The monoisotopic (exact) mass is 450 g/mol. The first-order valence-corrected chi connectivity index (χ1v) is 9.72. The van der Waals surface area contributed by atoms with Crippen LogP contribution in [0.1, 0.15) is 10.4 Å². The molecule has 1 heterocycles. The number of rotatable bonds is 5. The summed E-state index contributed by atoms with van der Waals surface area (Å²) in [7, 11) is 1.52. The Morgan fingerprint density at radius 3 is 2.53 bits per heavy atom. The third-order valence-electron chi connectivity index (χ3n) is 4.78. The molecule has 0 aliphatic heterocycles. The number of halogens is 1. The Morgan fingerprint density at radius 1 is 1.09 bits per heavy atom. The van der Waals surface area contributed by atoms with E-state index in [9.17, 15) is 19.7 Å². The Morgan fingerprint density at radius 2 is 1.84 bits per heavy atom. The lowest BCUT2D eigenvalue weighted by atomic mass is 10.0. The van der Waals surface area contributed by atoms with Gasteiger partial charge in [-0.1, -0.05) is 29.8 Å². The standard InChI is InChI=1S/C23H15ClN2O6/c1-31-17-8-5-13(6-9-17)20-21(27)18-12-15(24)7-10-19(18)32-23(20)25-22(28)14-3-2-4-16(11-14)26(29)30/h2-12H,1H3,(H,25,28). The Bertz CT molecular complexity index is 1410. The maximum absolute atomic E-state index is 13.3. The van der Waals surface area contributed by atoms with E-state index >= 15 is 0 Å². The Labute approximate surface area is 186 Å². The van der Waals surface area contributed by atoms with Crippen LogP contribution in [0.5, 0.6) is 5.75 Å². The maximum Gasteiger partial charge on any atom is 0.270 e. The highest BCUT2D eigenvalue weighted by atomic mass is 35.5. The molecule has 1 N–H and O–H groups in total. The SMILES string of the molecule is COc1ccc(-c2c(NC(=O)c3cccc([N+](=O)[O-])c3)oc3ccc(Cl)cc3c2=O)cc1. The number of carbonyl (C=O) groups is 1. The quantitative estimate of drug-likeness (QED) is 0.327. The summed E-state index contributed by atoms with van der Waals surface area (Å²) in [4.78, 5) is 36.6. The molecule has 0 radical (unpaired) electrons. The summed E-state index contributed by atoms with van der Waals surface area (Å²) >= 11 is 6.05. The second kappa shape index (κ2) is 8.52. The summed E-state index contributed by atoms with van der Waals surface area (Å²) in [5.41, 5.74) is 0.234. The molecule has 4 aromatic rings. The molecule has 0 bridgehead atoms. The van der Waals surface area contributed by atoms with E-state index in [0.717, 1.165) is 6.07 Å². The van der Waals surface area contributed by atoms with Gasteiger partial charge < -0.3 is 9.15 Å². The zero-order valence-electron chi connectivity index (χ0n) is 16.6. The smallest absolute Gasteiger partial charge is 0.270 e. The number of carbonyl (C=O) groups excluding carboxylic acids is 1. The summed E-state index contributed by atoms with van der Waals surface area (Å²) in [6.07, 6.45) is 0. The predicted molar refractivity (Wildman–Crippen MR) is 121 cm³/mol. The number of fused-ring (bicyclic) bond motifs is 1. The average Bonchev–Trinajstić information content (AvgIpc) is 2.80. The number of anilines is 1. The third kappa shape index (κ3) is 4.03. The number of non-ortho nitro benzene ring substituents is 1. The zero-order chi connectivity index (χ0) is 22.8. The van der Waals surface area contributed by atoms with E-state index in [4.69, 9.17) is 20.8 Å². The summed E-state index contributed by atoms with van der Waals surface area (Å²) in [6, 6.07) is 16.5. The lowest BCUT2D eigenvalue weighted by Crippen LogP contribution is -2.16. The number of hydrogen-bond acceptors (Lipinski definition) is 6. The molecule has 0 fully saturated rings. The normalized spacial score (nSPS) is 10.7. The number of amides is 1. The summed E-state index contributed by atoms with van der Waals surface area (Å²) in [5.74, 6) is -0.171. The molecular formula is C23H15ClN2O6. The second-order valence-corrected chi connectivity index (χ2v) is 7.20. The van der Waals surface area contributed by atoms with E-state index in [1.54, 1.807) is 30.3 Å². The Hall–Kier alpha value is -4.17. The van der Waals surface area contributed by atoms with Crippen LogP contribution in [0.15, 0.2) is 75.9 Å². The van der Waals surface area contributed by atoms with Gasteiger partial charge in [0.2, 0.25) is 11.3 Å². The van der Waals surface area contributed by atoms with Gasteiger partial charge in [-0.25, -0.2) is 0 Å². The van der Waals surface area contributed by atoms with Crippen LogP contribution >= 0.6 is 11.6 Å². The van der Waals surface area contributed by atoms with Crippen LogP contribution in [0.2, 0.25) is 5.02 Å². The molecule has 32 heavy (non-hydrogen) atoms. The molecule has 1 amide bonds. The van der Waals surface area contributed by atoms with Gasteiger partial charge >= 0.3 is 0 Å². The molecule has 0 saturated heterocycles. The van der Waals surface area contributed by atoms with Gasteiger partial charge in [0.25, 0.3) is 11.6 Å². The molecule has 0 spiro atoms. The molecule has 3 aromatic carbocycles. The molecule has 1 aromatic heterocycles. The Kier molecular flexibility index (Phi) is 5.61. The molecule has 0 aliphatic carbocycles. The van der Waals surface area contributed by atoms with Crippen LogP contribution in [0, 0.1) is 10.1 Å². The lowest BCUT2D eigenvalue weighted by Gasteiger charge is -2.12. The summed E-state index contributed by atoms with van der Waals surface area (Å²) in [5, 5.41) is 14.2. The number of nitrogens with one attached hydrogen (secondary N) is 1. The van der Waals surface area contributed by atoms with E-state index in [1.165, 1.54) is 37.4 Å². The first-order valence-electron chi connectivity index (χ1n) is 9.34. The minimum Gasteiger partial charge on any atom is -0.497 e. The van der Waals surface area contributed by atoms with Gasteiger partial charge in [0.05, 0.1) is 23.0 Å². The number of methoxy groups -OCH3 is 1. The zero-order valence-corrected chi connectivity index (χ0v) is 17.4. The lowest BCUT2D eigenvalue weighted by molar-refractivity contribution is -0.384. The number of nitrogens with zero attached hydrogens (tertiary/aromatic N) is 1. The molecule has 0 aliphatic rings.